The van der Waals surface area contributed by atoms with Gasteiger partial charge >= 0.3 is 6.03 Å². The van der Waals surface area contributed by atoms with Crippen LogP contribution in [0.4, 0.5) is 10.5 Å². The lowest BCUT2D eigenvalue weighted by Gasteiger charge is -2.26. The topological polar surface area (TPSA) is 44.4 Å². The summed E-state index contributed by atoms with van der Waals surface area (Å²) < 4.78 is 0. The van der Waals surface area contributed by atoms with E-state index >= 15 is 0 Å². The van der Waals surface area contributed by atoms with E-state index in [1.807, 2.05) is 31.2 Å². The maximum atomic E-state index is 12.4. The summed E-state index contributed by atoms with van der Waals surface area (Å²) in [4.78, 5) is 14.5. The van der Waals surface area contributed by atoms with Gasteiger partial charge < -0.3 is 15.5 Å². The van der Waals surface area contributed by atoms with Gasteiger partial charge in [-0.2, -0.15) is 0 Å². The summed E-state index contributed by atoms with van der Waals surface area (Å²) in [5, 5.41) is 5.98. The van der Waals surface area contributed by atoms with Gasteiger partial charge in [-0.1, -0.05) is 42.0 Å². The van der Waals surface area contributed by atoms with Crippen molar-refractivity contribution in [1.82, 2.24) is 10.2 Å². The highest BCUT2D eigenvalue weighted by Crippen LogP contribution is 2.48. The number of carbonyl (C=O) groups excluding carboxylic acids is 1. The minimum atomic E-state index is -0.165. The molecule has 2 N–H and O–H groups in total. The van der Waals surface area contributed by atoms with Gasteiger partial charge in [0.05, 0.1) is 6.04 Å². The number of nitrogens with one attached hydrogen (secondary N) is 2. The van der Waals surface area contributed by atoms with Crippen LogP contribution in [-0.2, 0) is 6.42 Å². The summed E-state index contributed by atoms with van der Waals surface area (Å²) in [6, 6.07) is 14.6. The molecular formula is C23H31N3O. The van der Waals surface area contributed by atoms with Crippen LogP contribution in [0.2, 0.25) is 0 Å². The predicted molar refractivity (Wildman–Crippen MR) is 115 cm³/mol. The molecule has 2 aliphatic rings. The Labute approximate surface area is 164 Å². The lowest BCUT2D eigenvalue weighted by atomic mass is 9.93. The van der Waals surface area contributed by atoms with Gasteiger partial charge in [-0.25, -0.2) is 4.79 Å². The van der Waals surface area contributed by atoms with Crippen LogP contribution in [0.1, 0.15) is 44.0 Å². The highest BCUT2D eigenvalue weighted by molar-refractivity contribution is 5.90. The second-order valence-electron chi connectivity index (χ2n) is 7.80. The first-order chi connectivity index (χ1) is 13.0. The molecule has 0 aromatic heterocycles. The predicted octanol–water partition coefficient (Wildman–Crippen LogP) is 5.01. The number of benzene rings is 2. The molecule has 0 radical (unpaired) electrons. The zero-order valence-corrected chi connectivity index (χ0v) is 16.3. The molecule has 0 spiro atoms. The molecule has 0 saturated heterocycles. The number of nitrogens with zero attached hydrogens (tertiary/aromatic N) is 1. The van der Waals surface area contributed by atoms with Crippen molar-refractivity contribution in [3.63, 3.8) is 0 Å². The van der Waals surface area contributed by atoms with Crippen molar-refractivity contribution in [2.45, 2.75) is 32.2 Å². The summed E-state index contributed by atoms with van der Waals surface area (Å²) in [7, 11) is 4.12. The Morgan fingerprint density at radius 3 is 2.78 bits per heavy atom. The van der Waals surface area contributed by atoms with E-state index in [2.05, 4.69) is 47.8 Å². The fourth-order valence-corrected chi connectivity index (χ4v) is 3.97. The standard InChI is InChI=1S/C23H27N3O.2H2/c1-15-6-4-5-7-21(15)25-23(27)24-14-22(26(2)3)18-10-11-19-16(12-18)8-9-17-13-20(17)19;;/h4-7,10-12,22H,8-9,13-14H2,1-3H3,(H2,24,25,27);2*1H. The van der Waals surface area contributed by atoms with Crippen LogP contribution >= 0.6 is 0 Å². The number of para-hydroxylation sites is 1. The van der Waals surface area contributed by atoms with E-state index in [0.717, 1.165) is 17.7 Å². The number of hydrogen-bond donors (Lipinski definition) is 2. The molecule has 2 aromatic carbocycles. The molecule has 0 bridgehead atoms. The van der Waals surface area contributed by atoms with E-state index in [0.29, 0.717) is 6.54 Å². The van der Waals surface area contributed by atoms with Crippen molar-refractivity contribution in [2.24, 2.45) is 0 Å². The van der Waals surface area contributed by atoms with Crippen molar-refractivity contribution in [3.8, 4) is 0 Å². The third-order valence-corrected chi connectivity index (χ3v) is 5.70. The Bertz CT molecular complexity index is 924. The Kier molecular flexibility index (Phi) is 4.75. The molecule has 0 fully saturated rings. The molecular weight excluding hydrogens is 334 g/mol. The molecule has 4 rings (SSSR count). The van der Waals surface area contributed by atoms with Gasteiger partial charge in [-0.15, -0.1) is 0 Å². The minimum Gasteiger partial charge on any atom is -0.336 e. The van der Waals surface area contributed by atoms with Crippen molar-refractivity contribution in [2.75, 3.05) is 26.0 Å². The van der Waals surface area contributed by atoms with Crippen LogP contribution in [-0.4, -0.2) is 31.6 Å². The summed E-state index contributed by atoms with van der Waals surface area (Å²) in [5.74, 6) is 0. The number of likely N-dealkylation sites (N-methyl/N-ethyl adjacent to an activating group) is 1. The molecule has 27 heavy (non-hydrogen) atoms. The summed E-state index contributed by atoms with van der Waals surface area (Å²) in [6.07, 6.45) is 3.57. The van der Waals surface area contributed by atoms with Crippen LogP contribution in [0.3, 0.4) is 0 Å². The SMILES string of the molecule is Cc1ccccc1NC(=O)NCC(c1ccc2c(c1)CCC1=C2C1)N(C)C.[HH].[HH]. The van der Waals surface area contributed by atoms with Crippen molar-refractivity contribution in [3.05, 3.63) is 70.3 Å². The number of anilines is 1. The van der Waals surface area contributed by atoms with Gasteiger partial charge in [-0.05, 0) is 74.2 Å². The largest absolute Gasteiger partial charge is 0.336 e. The highest BCUT2D eigenvalue weighted by atomic mass is 16.2. The zero-order valence-electron chi connectivity index (χ0n) is 16.3. The van der Waals surface area contributed by atoms with Gasteiger partial charge in [0.1, 0.15) is 0 Å². The molecule has 2 amide bonds. The van der Waals surface area contributed by atoms with Gasteiger partial charge in [0.25, 0.3) is 0 Å². The maximum Gasteiger partial charge on any atom is 0.319 e. The first-order valence-corrected chi connectivity index (χ1v) is 9.64. The highest BCUT2D eigenvalue weighted by Gasteiger charge is 2.29. The molecule has 0 saturated carbocycles. The smallest absolute Gasteiger partial charge is 0.319 e. The van der Waals surface area contributed by atoms with Crippen molar-refractivity contribution >= 4 is 17.3 Å². The summed E-state index contributed by atoms with van der Waals surface area (Å²) in [6.45, 7) is 2.56. The third kappa shape index (κ3) is 3.76. The number of hydrogen-bond acceptors (Lipinski definition) is 2. The maximum absolute atomic E-state index is 12.4. The number of carbonyl (C=O) groups is 1. The first kappa shape index (κ1) is 17.8. The number of aryl methyl sites for hydroxylation is 2. The molecule has 0 aliphatic heterocycles. The summed E-state index contributed by atoms with van der Waals surface area (Å²) in [5.41, 5.74) is 9.29. The van der Waals surface area contributed by atoms with Crippen LogP contribution < -0.4 is 10.6 Å². The Morgan fingerprint density at radius 2 is 2.00 bits per heavy atom. The Morgan fingerprint density at radius 1 is 1.19 bits per heavy atom. The van der Waals surface area contributed by atoms with Crippen LogP contribution in [0.15, 0.2) is 48.0 Å². The lowest BCUT2D eigenvalue weighted by Crippen LogP contribution is -2.37. The zero-order chi connectivity index (χ0) is 19.0. The van der Waals surface area contributed by atoms with Gasteiger partial charge in [0.2, 0.25) is 0 Å². The van der Waals surface area contributed by atoms with E-state index in [4.69, 9.17) is 0 Å². The van der Waals surface area contributed by atoms with E-state index in [1.54, 1.807) is 11.1 Å². The third-order valence-electron chi connectivity index (χ3n) is 5.70. The minimum absolute atomic E-state index is 0. The molecule has 2 aliphatic carbocycles. The fraction of sp³-hybridized carbons (Fsp3) is 0.348. The average Bonchev–Trinajstić information content (AvgIpc) is 3.43. The quantitative estimate of drug-likeness (QED) is 0.782. The van der Waals surface area contributed by atoms with E-state index < -0.39 is 0 Å². The first-order valence-electron chi connectivity index (χ1n) is 9.64. The number of urea groups is 1. The normalized spacial score (nSPS) is 15.9. The molecule has 1 unspecified atom stereocenters. The van der Waals surface area contributed by atoms with E-state index in [1.165, 1.54) is 29.5 Å². The second-order valence-corrected chi connectivity index (χ2v) is 7.80. The second kappa shape index (κ2) is 7.20. The number of allylic oxidation sites excluding steroid dienone is 2. The molecule has 4 nitrogen and oxygen atoms in total. The van der Waals surface area contributed by atoms with Crippen molar-refractivity contribution < 1.29 is 7.65 Å². The molecule has 144 valence electrons. The lowest BCUT2D eigenvalue weighted by molar-refractivity contribution is 0.243. The van der Waals surface area contributed by atoms with Crippen molar-refractivity contribution in [1.29, 1.82) is 0 Å². The molecule has 2 aromatic rings. The number of amides is 2. The number of fused-ring (bicyclic) bond motifs is 2. The Balaban J connectivity index is 0.00000150. The monoisotopic (exact) mass is 365 g/mol. The van der Waals surface area contributed by atoms with Gasteiger partial charge in [0.15, 0.2) is 0 Å². The summed E-state index contributed by atoms with van der Waals surface area (Å²) >= 11 is 0. The van der Waals surface area contributed by atoms with Gasteiger partial charge in [-0.3, -0.25) is 0 Å². The van der Waals surface area contributed by atoms with E-state index in [-0.39, 0.29) is 14.9 Å². The molecule has 0 heterocycles. The van der Waals surface area contributed by atoms with Crippen LogP contribution in [0.25, 0.3) is 5.57 Å². The average molecular weight is 366 g/mol. The van der Waals surface area contributed by atoms with Crippen LogP contribution in [0.5, 0.6) is 0 Å². The number of rotatable bonds is 5. The van der Waals surface area contributed by atoms with Crippen LogP contribution in [0, 0.1) is 6.92 Å². The molecule has 4 heteroatoms. The fourth-order valence-electron chi connectivity index (χ4n) is 3.97. The van der Waals surface area contributed by atoms with E-state index in [9.17, 15) is 4.79 Å². The Hall–Kier alpha value is -2.59. The molecule has 1 atom stereocenters. The van der Waals surface area contributed by atoms with Gasteiger partial charge in [0, 0.05) is 15.1 Å².